The fraction of sp³-hybridized carbons (Fsp3) is 0.150. The van der Waals surface area contributed by atoms with E-state index in [-0.39, 0.29) is 27.8 Å². The first kappa shape index (κ1) is 20.0. The summed E-state index contributed by atoms with van der Waals surface area (Å²) in [4.78, 5) is 16.7. The second-order valence-corrected chi connectivity index (χ2v) is 6.74. The SMILES string of the molecule is Cc1nn(-c2ccc(F)cc2)c(Cl)c1C(=O)OCc1nc2ccccc2n1C(F)F. The summed E-state index contributed by atoms with van der Waals surface area (Å²) in [6.07, 6.45) is 0. The molecule has 2 aromatic carbocycles. The summed E-state index contributed by atoms with van der Waals surface area (Å²) in [5.41, 5.74) is 1.31. The fourth-order valence-electron chi connectivity index (χ4n) is 3.10. The third-order valence-electron chi connectivity index (χ3n) is 4.48. The van der Waals surface area contributed by atoms with Gasteiger partial charge in [-0.05, 0) is 43.3 Å². The summed E-state index contributed by atoms with van der Waals surface area (Å²) in [6.45, 7) is -1.77. The normalized spacial score (nSPS) is 11.4. The third kappa shape index (κ3) is 3.52. The van der Waals surface area contributed by atoms with Crippen LogP contribution in [0.25, 0.3) is 16.7 Å². The number of aryl methyl sites for hydroxylation is 1. The third-order valence-corrected chi connectivity index (χ3v) is 4.82. The Hall–Kier alpha value is -3.33. The molecule has 0 aliphatic carbocycles. The number of para-hydroxylation sites is 2. The van der Waals surface area contributed by atoms with Crippen molar-refractivity contribution < 1.29 is 22.7 Å². The second kappa shape index (κ2) is 7.83. The Bertz CT molecular complexity index is 1240. The summed E-state index contributed by atoms with van der Waals surface area (Å²) in [6, 6.07) is 11.8. The number of esters is 1. The van der Waals surface area contributed by atoms with Crippen LogP contribution in [0.2, 0.25) is 5.15 Å². The van der Waals surface area contributed by atoms with E-state index >= 15 is 0 Å². The molecule has 6 nitrogen and oxygen atoms in total. The van der Waals surface area contributed by atoms with Gasteiger partial charge in [0.1, 0.15) is 23.1 Å². The molecule has 0 amide bonds. The second-order valence-electron chi connectivity index (χ2n) is 6.38. The molecule has 0 N–H and O–H groups in total. The summed E-state index contributed by atoms with van der Waals surface area (Å²) >= 11 is 6.29. The number of alkyl halides is 2. The number of hydrogen-bond acceptors (Lipinski definition) is 4. The monoisotopic (exact) mass is 434 g/mol. The number of nitrogens with zero attached hydrogens (tertiary/aromatic N) is 4. The van der Waals surface area contributed by atoms with E-state index in [1.165, 1.54) is 35.0 Å². The Morgan fingerprint density at radius 2 is 1.87 bits per heavy atom. The first-order valence-electron chi connectivity index (χ1n) is 8.79. The lowest BCUT2D eigenvalue weighted by Crippen LogP contribution is -2.11. The first-order valence-corrected chi connectivity index (χ1v) is 9.17. The van der Waals surface area contributed by atoms with Gasteiger partial charge in [-0.2, -0.15) is 13.9 Å². The van der Waals surface area contributed by atoms with Crippen LogP contribution in [0.1, 0.15) is 28.4 Å². The van der Waals surface area contributed by atoms with Gasteiger partial charge in [-0.3, -0.25) is 4.57 Å². The van der Waals surface area contributed by atoms with Crippen molar-refractivity contribution in [3.63, 3.8) is 0 Å². The highest BCUT2D eigenvalue weighted by Gasteiger charge is 2.24. The molecule has 0 aliphatic heterocycles. The zero-order valence-corrected chi connectivity index (χ0v) is 16.3. The molecule has 0 aliphatic rings. The number of carbonyl (C=O) groups excluding carboxylic acids is 1. The van der Waals surface area contributed by atoms with Gasteiger partial charge < -0.3 is 4.74 Å². The van der Waals surface area contributed by atoms with E-state index in [0.717, 1.165) is 0 Å². The van der Waals surface area contributed by atoms with Crippen molar-refractivity contribution in [3.8, 4) is 5.69 Å². The van der Waals surface area contributed by atoms with Gasteiger partial charge in [0.2, 0.25) is 0 Å². The maximum Gasteiger partial charge on any atom is 0.343 e. The van der Waals surface area contributed by atoms with Crippen LogP contribution < -0.4 is 0 Å². The lowest BCUT2D eigenvalue weighted by molar-refractivity contribution is 0.0387. The molecule has 0 fully saturated rings. The maximum absolute atomic E-state index is 13.5. The van der Waals surface area contributed by atoms with Crippen molar-refractivity contribution in [2.45, 2.75) is 20.1 Å². The van der Waals surface area contributed by atoms with E-state index in [4.69, 9.17) is 16.3 Å². The minimum Gasteiger partial charge on any atom is -0.454 e. The highest BCUT2D eigenvalue weighted by molar-refractivity contribution is 6.33. The largest absolute Gasteiger partial charge is 0.454 e. The molecular formula is C20H14ClF3N4O2. The number of fused-ring (bicyclic) bond motifs is 1. The lowest BCUT2D eigenvalue weighted by atomic mass is 10.2. The number of rotatable bonds is 5. The Balaban J connectivity index is 1.60. The number of hydrogen-bond donors (Lipinski definition) is 0. The number of carbonyl (C=O) groups is 1. The van der Waals surface area contributed by atoms with E-state index in [2.05, 4.69) is 10.1 Å². The van der Waals surface area contributed by atoms with E-state index in [1.54, 1.807) is 25.1 Å². The number of benzene rings is 2. The number of ether oxygens (including phenoxy) is 1. The zero-order chi connectivity index (χ0) is 21.4. The molecule has 30 heavy (non-hydrogen) atoms. The highest BCUT2D eigenvalue weighted by atomic mass is 35.5. The van der Waals surface area contributed by atoms with E-state index in [0.29, 0.717) is 15.8 Å². The number of aromatic nitrogens is 4. The number of imidazole rings is 1. The molecule has 0 saturated carbocycles. The van der Waals surface area contributed by atoms with Gasteiger partial charge >= 0.3 is 12.5 Å². The van der Waals surface area contributed by atoms with Gasteiger partial charge in [0.25, 0.3) is 0 Å². The Kier molecular flexibility index (Phi) is 5.21. The maximum atomic E-state index is 13.5. The minimum atomic E-state index is -2.85. The Morgan fingerprint density at radius 3 is 2.57 bits per heavy atom. The summed E-state index contributed by atoms with van der Waals surface area (Å²) in [7, 11) is 0. The summed E-state index contributed by atoms with van der Waals surface area (Å²) in [5.74, 6) is -1.36. The average molecular weight is 435 g/mol. The Morgan fingerprint density at radius 1 is 1.17 bits per heavy atom. The van der Waals surface area contributed by atoms with Crippen LogP contribution in [0.4, 0.5) is 13.2 Å². The fourth-order valence-corrected chi connectivity index (χ4v) is 3.45. The molecule has 0 radical (unpaired) electrons. The quantitative estimate of drug-likeness (QED) is 0.411. The molecule has 10 heteroatoms. The molecule has 4 rings (SSSR count). The van der Waals surface area contributed by atoms with Crippen molar-refractivity contribution in [1.29, 1.82) is 0 Å². The van der Waals surface area contributed by atoms with Gasteiger partial charge in [-0.1, -0.05) is 23.7 Å². The van der Waals surface area contributed by atoms with Crippen molar-refractivity contribution in [2.75, 3.05) is 0 Å². The molecule has 0 spiro atoms. The average Bonchev–Trinajstić information content (AvgIpc) is 3.23. The van der Waals surface area contributed by atoms with Crippen LogP contribution in [-0.4, -0.2) is 25.3 Å². The molecule has 0 saturated heterocycles. The molecule has 154 valence electrons. The standard InChI is InChI=1S/C20H14ClF3N4O2/c1-11-17(18(21)28(26-11)13-8-6-12(22)7-9-13)19(29)30-10-16-25-14-4-2-3-5-15(14)27(16)20(23)24/h2-9,20H,10H2,1H3. The van der Waals surface area contributed by atoms with Gasteiger partial charge in [0.15, 0.2) is 5.82 Å². The molecule has 4 aromatic rings. The van der Waals surface area contributed by atoms with E-state index < -0.39 is 24.9 Å². The smallest absolute Gasteiger partial charge is 0.343 e. The topological polar surface area (TPSA) is 61.9 Å². The van der Waals surface area contributed by atoms with Crippen LogP contribution in [0.5, 0.6) is 0 Å². The molecule has 0 unspecified atom stereocenters. The molecular weight excluding hydrogens is 421 g/mol. The predicted molar refractivity (Wildman–Crippen MR) is 103 cm³/mol. The zero-order valence-electron chi connectivity index (χ0n) is 15.5. The summed E-state index contributed by atoms with van der Waals surface area (Å²) in [5, 5.41) is 4.15. The van der Waals surface area contributed by atoms with Crippen LogP contribution in [-0.2, 0) is 11.3 Å². The van der Waals surface area contributed by atoms with Gasteiger partial charge in [0.05, 0.1) is 22.4 Å². The van der Waals surface area contributed by atoms with Crippen molar-refractivity contribution in [1.82, 2.24) is 19.3 Å². The van der Waals surface area contributed by atoms with Crippen LogP contribution >= 0.6 is 11.6 Å². The summed E-state index contributed by atoms with van der Waals surface area (Å²) < 4.78 is 47.3. The molecule has 2 heterocycles. The van der Waals surface area contributed by atoms with Crippen molar-refractivity contribution in [2.24, 2.45) is 0 Å². The van der Waals surface area contributed by atoms with Crippen LogP contribution in [0.15, 0.2) is 48.5 Å². The van der Waals surface area contributed by atoms with Crippen molar-refractivity contribution in [3.05, 3.63) is 76.6 Å². The van der Waals surface area contributed by atoms with E-state index in [9.17, 15) is 18.0 Å². The van der Waals surface area contributed by atoms with Crippen LogP contribution in [0.3, 0.4) is 0 Å². The van der Waals surface area contributed by atoms with Gasteiger partial charge in [0, 0.05) is 0 Å². The lowest BCUT2D eigenvalue weighted by Gasteiger charge is -2.08. The first-order chi connectivity index (χ1) is 14.4. The molecule has 0 atom stereocenters. The highest BCUT2D eigenvalue weighted by Crippen LogP contribution is 2.26. The van der Waals surface area contributed by atoms with Gasteiger partial charge in [-0.15, -0.1) is 0 Å². The molecule has 2 aromatic heterocycles. The van der Waals surface area contributed by atoms with Crippen molar-refractivity contribution >= 4 is 28.6 Å². The predicted octanol–water partition coefficient (Wildman–Crippen LogP) is 5.08. The minimum absolute atomic E-state index is 0.0132. The number of halogens is 4. The van der Waals surface area contributed by atoms with Crippen LogP contribution in [0, 0.1) is 12.7 Å². The van der Waals surface area contributed by atoms with Gasteiger partial charge in [-0.25, -0.2) is 18.9 Å². The van der Waals surface area contributed by atoms with E-state index in [1.807, 2.05) is 0 Å². The molecule has 0 bridgehead atoms. The Labute approximate surface area is 173 Å².